The van der Waals surface area contributed by atoms with Crippen LogP contribution in [0.15, 0.2) is 56.8 Å². The van der Waals surface area contributed by atoms with Crippen LogP contribution in [0.2, 0.25) is 0 Å². The number of anilines is 2. The molecule has 5 rings (SSSR count). The number of hydrogen-bond donors (Lipinski definition) is 3. The molecule has 0 bridgehead atoms. The molecule has 37 heavy (non-hydrogen) atoms. The number of carbonyl (C=O) groups excluding carboxylic acids is 1. The zero-order valence-electron chi connectivity index (χ0n) is 20.6. The largest absolute Gasteiger partial charge is 0.349 e. The number of aromatic amines is 1. The first-order valence-electron chi connectivity index (χ1n) is 12.0. The Hall–Kier alpha value is -4.47. The zero-order valence-corrected chi connectivity index (χ0v) is 20.6. The van der Waals surface area contributed by atoms with Gasteiger partial charge in [-0.1, -0.05) is 19.1 Å². The number of fused-ring (bicyclic) bond motifs is 1. The van der Waals surface area contributed by atoms with Crippen molar-refractivity contribution in [2.24, 2.45) is 7.05 Å². The fourth-order valence-corrected chi connectivity index (χ4v) is 4.42. The molecule has 0 unspecified atom stereocenters. The van der Waals surface area contributed by atoms with Crippen molar-refractivity contribution in [2.75, 3.05) is 5.32 Å². The lowest BCUT2D eigenvalue weighted by Crippen LogP contribution is -2.34. The van der Waals surface area contributed by atoms with Crippen molar-refractivity contribution >= 4 is 28.3 Å². The number of pyridine rings is 1. The highest BCUT2D eigenvalue weighted by Gasteiger charge is 2.25. The van der Waals surface area contributed by atoms with Crippen molar-refractivity contribution in [3.05, 3.63) is 96.2 Å². The van der Waals surface area contributed by atoms with Crippen molar-refractivity contribution in [3.8, 4) is 5.69 Å². The van der Waals surface area contributed by atoms with E-state index in [2.05, 4.69) is 15.6 Å². The number of aromatic nitrogens is 3. The number of nitrogens with zero attached hydrogens (tertiary/aromatic N) is 2. The van der Waals surface area contributed by atoms with Crippen molar-refractivity contribution in [2.45, 2.75) is 39.2 Å². The van der Waals surface area contributed by atoms with E-state index in [0.717, 1.165) is 18.4 Å². The lowest BCUT2D eigenvalue weighted by Gasteiger charge is -2.19. The second-order valence-corrected chi connectivity index (χ2v) is 9.25. The molecule has 0 spiro atoms. The van der Waals surface area contributed by atoms with Crippen molar-refractivity contribution < 1.29 is 9.18 Å². The number of rotatable bonds is 6. The Labute approximate surface area is 210 Å². The molecule has 1 fully saturated rings. The fourth-order valence-electron chi connectivity index (χ4n) is 4.42. The quantitative estimate of drug-likeness (QED) is 0.374. The molecule has 1 amide bonds. The summed E-state index contributed by atoms with van der Waals surface area (Å²) in [5.41, 5.74) is -0.225. The number of aryl methyl sites for hydroxylation is 2. The van der Waals surface area contributed by atoms with Gasteiger partial charge in [-0.2, -0.15) is 0 Å². The normalized spacial score (nSPS) is 13.1. The van der Waals surface area contributed by atoms with E-state index >= 15 is 0 Å². The van der Waals surface area contributed by atoms with Crippen LogP contribution in [0.1, 0.15) is 41.3 Å². The highest BCUT2D eigenvalue weighted by Crippen LogP contribution is 2.27. The van der Waals surface area contributed by atoms with E-state index in [-0.39, 0.29) is 39.9 Å². The van der Waals surface area contributed by atoms with Crippen LogP contribution < -0.4 is 27.4 Å². The molecule has 10 heteroatoms. The summed E-state index contributed by atoms with van der Waals surface area (Å²) in [5.74, 6) is -0.779. The molecule has 2 aromatic carbocycles. The van der Waals surface area contributed by atoms with Crippen LogP contribution in [-0.4, -0.2) is 26.1 Å². The molecule has 1 aliphatic rings. The van der Waals surface area contributed by atoms with Gasteiger partial charge in [-0.05, 0) is 62.1 Å². The second kappa shape index (κ2) is 9.20. The van der Waals surface area contributed by atoms with E-state index in [1.165, 1.54) is 41.3 Å². The summed E-state index contributed by atoms with van der Waals surface area (Å²) in [5, 5.41) is 5.80. The van der Waals surface area contributed by atoms with Gasteiger partial charge in [0, 0.05) is 24.2 Å². The Morgan fingerprint density at radius 2 is 1.89 bits per heavy atom. The van der Waals surface area contributed by atoms with E-state index in [1.807, 2.05) is 6.92 Å². The number of carbonyl (C=O) groups is 1. The first kappa shape index (κ1) is 24.2. The van der Waals surface area contributed by atoms with Gasteiger partial charge in [-0.15, -0.1) is 0 Å². The lowest BCUT2D eigenvalue weighted by molar-refractivity contribution is 0.0951. The van der Waals surface area contributed by atoms with Gasteiger partial charge >= 0.3 is 5.69 Å². The highest BCUT2D eigenvalue weighted by molar-refractivity contribution is 5.96. The lowest BCUT2D eigenvalue weighted by atomic mass is 10.1. The Kier molecular flexibility index (Phi) is 6.02. The number of hydrogen-bond acceptors (Lipinski definition) is 5. The van der Waals surface area contributed by atoms with Gasteiger partial charge in [0.1, 0.15) is 17.0 Å². The standard InChI is InChI=1S/C27H26FN5O4/c1-4-15-8-11-20(19(28)12-15)30-23-21-22(14(2)26(36)32(23)3)33(27(37)31-25(21)35)18-7-5-6-16(13-18)24(34)29-17-9-10-17/h5-8,11-13,17,30H,4,9-10H2,1-3H3,(H,29,34)(H,31,35,37). The maximum absolute atomic E-state index is 14.8. The van der Waals surface area contributed by atoms with Crippen molar-refractivity contribution in [1.82, 2.24) is 19.4 Å². The monoisotopic (exact) mass is 503 g/mol. The van der Waals surface area contributed by atoms with Crippen LogP contribution in [0.4, 0.5) is 15.9 Å². The maximum atomic E-state index is 14.8. The third kappa shape index (κ3) is 4.35. The van der Waals surface area contributed by atoms with Gasteiger partial charge in [-0.3, -0.25) is 28.5 Å². The molecule has 2 aromatic heterocycles. The summed E-state index contributed by atoms with van der Waals surface area (Å²) in [4.78, 5) is 54.4. The summed E-state index contributed by atoms with van der Waals surface area (Å²) in [7, 11) is 1.47. The molecule has 2 heterocycles. The molecular formula is C27H26FN5O4. The van der Waals surface area contributed by atoms with Crippen LogP contribution in [0.3, 0.4) is 0 Å². The van der Waals surface area contributed by atoms with Gasteiger partial charge in [-0.25, -0.2) is 9.18 Å². The smallest absolute Gasteiger partial charge is 0.333 e. The van der Waals surface area contributed by atoms with E-state index in [1.54, 1.807) is 24.3 Å². The van der Waals surface area contributed by atoms with Crippen LogP contribution in [0.25, 0.3) is 16.6 Å². The molecule has 3 N–H and O–H groups in total. The number of halogens is 1. The SMILES string of the molecule is CCc1ccc(Nc2c3c(=O)[nH]c(=O)n(-c4cccc(C(=O)NC5CC5)c4)c3c(C)c(=O)n2C)c(F)c1. The Morgan fingerprint density at radius 3 is 2.57 bits per heavy atom. The predicted molar refractivity (Wildman–Crippen MR) is 140 cm³/mol. The topological polar surface area (TPSA) is 118 Å². The van der Waals surface area contributed by atoms with Gasteiger partial charge in [0.25, 0.3) is 17.0 Å². The van der Waals surface area contributed by atoms with E-state index in [0.29, 0.717) is 17.7 Å². The molecule has 4 aromatic rings. The van der Waals surface area contributed by atoms with Crippen molar-refractivity contribution in [1.29, 1.82) is 0 Å². The summed E-state index contributed by atoms with van der Waals surface area (Å²) >= 11 is 0. The first-order chi connectivity index (χ1) is 17.7. The number of nitrogens with one attached hydrogen (secondary N) is 3. The molecule has 0 atom stereocenters. The average molecular weight is 504 g/mol. The van der Waals surface area contributed by atoms with Crippen LogP contribution in [0, 0.1) is 12.7 Å². The Morgan fingerprint density at radius 1 is 1.14 bits per heavy atom. The molecule has 0 aliphatic heterocycles. The van der Waals surface area contributed by atoms with Crippen LogP contribution in [-0.2, 0) is 13.5 Å². The fraction of sp³-hybridized carbons (Fsp3) is 0.259. The molecule has 1 aliphatic carbocycles. The van der Waals surface area contributed by atoms with E-state index in [9.17, 15) is 23.6 Å². The average Bonchev–Trinajstić information content (AvgIpc) is 3.70. The zero-order chi connectivity index (χ0) is 26.4. The summed E-state index contributed by atoms with van der Waals surface area (Å²) in [6, 6.07) is 11.2. The molecular weight excluding hydrogens is 477 g/mol. The molecule has 0 saturated heterocycles. The van der Waals surface area contributed by atoms with Crippen molar-refractivity contribution in [3.63, 3.8) is 0 Å². The Bertz CT molecular complexity index is 1750. The van der Waals surface area contributed by atoms with E-state index in [4.69, 9.17) is 0 Å². The molecule has 190 valence electrons. The minimum Gasteiger partial charge on any atom is -0.349 e. The number of benzene rings is 2. The molecule has 0 radical (unpaired) electrons. The van der Waals surface area contributed by atoms with Gasteiger partial charge in [0.2, 0.25) is 0 Å². The second-order valence-electron chi connectivity index (χ2n) is 9.25. The summed E-state index contributed by atoms with van der Waals surface area (Å²) in [6.45, 7) is 3.42. The summed E-state index contributed by atoms with van der Waals surface area (Å²) in [6.07, 6.45) is 2.50. The van der Waals surface area contributed by atoms with Crippen LogP contribution >= 0.6 is 0 Å². The predicted octanol–water partition coefficient (Wildman–Crippen LogP) is 3.02. The Balaban J connectivity index is 1.75. The van der Waals surface area contributed by atoms with Gasteiger partial charge in [0.15, 0.2) is 0 Å². The highest BCUT2D eigenvalue weighted by atomic mass is 19.1. The third-order valence-corrected chi connectivity index (χ3v) is 6.64. The maximum Gasteiger partial charge on any atom is 0.333 e. The third-order valence-electron chi connectivity index (χ3n) is 6.64. The number of amides is 1. The first-order valence-corrected chi connectivity index (χ1v) is 12.0. The van der Waals surface area contributed by atoms with Crippen LogP contribution in [0.5, 0.6) is 0 Å². The molecule has 9 nitrogen and oxygen atoms in total. The van der Waals surface area contributed by atoms with Gasteiger partial charge < -0.3 is 10.6 Å². The minimum absolute atomic E-state index is 0.00556. The number of H-pyrrole nitrogens is 1. The molecule has 1 saturated carbocycles. The minimum atomic E-state index is -0.766. The van der Waals surface area contributed by atoms with E-state index < -0.39 is 22.6 Å². The van der Waals surface area contributed by atoms with Gasteiger partial charge in [0.05, 0.1) is 16.9 Å². The summed E-state index contributed by atoms with van der Waals surface area (Å²) < 4.78 is 17.2.